The van der Waals surface area contributed by atoms with E-state index in [9.17, 15) is 0 Å². The van der Waals surface area contributed by atoms with Crippen molar-refractivity contribution in [1.29, 1.82) is 0 Å². The minimum Gasteiger partial charge on any atom is -0.489 e. The molecule has 0 aliphatic heterocycles. The molecule has 0 radical (unpaired) electrons. The van der Waals surface area contributed by atoms with Gasteiger partial charge in [-0.2, -0.15) is 0 Å². The number of pyridine rings is 1. The van der Waals surface area contributed by atoms with Gasteiger partial charge in [-0.25, -0.2) is 0 Å². The van der Waals surface area contributed by atoms with Gasteiger partial charge in [0.05, 0.1) is 12.3 Å². The molecule has 1 fully saturated rings. The molecule has 1 aromatic rings. The van der Waals surface area contributed by atoms with Crippen molar-refractivity contribution in [3.05, 3.63) is 24.0 Å². The second-order valence-corrected chi connectivity index (χ2v) is 5.81. The molecule has 3 atom stereocenters. The van der Waals surface area contributed by atoms with Gasteiger partial charge in [0.1, 0.15) is 5.75 Å². The van der Waals surface area contributed by atoms with Gasteiger partial charge >= 0.3 is 0 Å². The second kappa shape index (κ2) is 5.70. The minimum atomic E-state index is 0.181. The van der Waals surface area contributed by atoms with E-state index in [0.717, 1.165) is 24.5 Å². The van der Waals surface area contributed by atoms with Crippen LogP contribution in [-0.2, 0) is 0 Å². The summed E-state index contributed by atoms with van der Waals surface area (Å²) in [6.07, 6.45) is 7.42. The van der Waals surface area contributed by atoms with Crippen LogP contribution in [0.15, 0.2) is 18.5 Å². The zero-order valence-electron chi connectivity index (χ0n) is 11.6. The Balaban J connectivity index is 2.16. The average Bonchev–Trinajstić information content (AvgIpc) is 2.32. The standard InChI is InChI=1S/C15H24N2O/c1-10(2)18-13-7-12(8-17-9-13)14-6-11(3)4-5-15(14)16/h7-11,14-15H,4-6,16H2,1-3H3. The molecule has 0 amide bonds. The normalized spacial score (nSPS) is 28.4. The van der Waals surface area contributed by atoms with Crippen molar-refractivity contribution in [3.63, 3.8) is 0 Å². The van der Waals surface area contributed by atoms with E-state index < -0.39 is 0 Å². The molecule has 18 heavy (non-hydrogen) atoms. The first-order valence-corrected chi connectivity index (χ1v) is 6.93. The van der Waals surface area contributed by atoms with Crippen LogP contribution >= 0.6 is 0 Å². The van der Waals surface area contributed by atoms with E-state index >= 15 is 0 Å². The lowest BCUT2D eigenvalue weighted by molar-refractivity contribution is 0.240. The Morgan fingerprint density at radius 3 is 2.83 bits per heavy atom. The van der Waals surface area contributed by atoms with E-state index in [0.29, 0.717) is 5.92 Å². The SMILES string of the molecule is CC1CCC(N)C(c2cncc(OC(C)C)c2)C1. The lowest BCUT2D eigenvalue weighted by atomic mass is 9.76. The summed E-state index contributed by atoms with van der Waals surface area (Å²) in [4.78, 5) is 4.29. The first-order valence-electron chi connectivity index (χ1n) is 6.93. The van der Waals surface area contributed by atoms with Gasteiger partial charge in [0.15, 0.2) is 0 Å². The van der Waals surface area contributed by atoms with Gasteiger partial charge in [-0.15, -0.1) is 0 Å². The van der Waals surface area contributed by atoms with Crippen molar-refractivity contribution in [2.75, 3.05) is 0 Å². The predicted octanol–water partition coefficient (Wildman–Crippen LogP) is 3.10. The Kier molecular flexibility index (Phi) is 4.23. The molecule has 0 bridgehead atoms. The maximum Gasteiger partial charge on any atom is 0.138 e. The quantitative estimate of drug-likeness (QED) is 0.894. The number of ether oxygens (including phenoxy) is 1. The molecule has 1 aliphatic rings. The third-order valence-electron chi connectivity index (χ3n) is 3.70. The summed E-state index contributed by atoms with van der Waals surface area (Å²) in [5.74, 6) is 2.04. The van der Waals surface area contributed by atoms with Crippen molar-refractivity contribution in [2.24, 2.45) is 11.7 Å². The fraction of sp³-hybridized carbons (Fsp3) is 0.667. The van der Waals surface area contributed by atoms with Crippen LogP contribution in [0.5, 0.6) is 5.75 Å². The minimum absolute atomic E-state index is 0.181. The predicted molar refractivity (Wildman–Crippen MR) is 73.7 cm³/mol. The van der Waals surface area contributed by atoms with Gasteiger partial charge in [0, 0.05) is 18.2 Å². The highest BCUT2D eigenvalue weighted by Crippen LogP contribution is 2.35. The number of hydrogen-bond donors (Lipinski definition) is 1. The third kappa shape index (κ3) is 3.22. The van der Waals surface area contributed by atoms with Crippen LogP contribution in [0.1, 0.15) is 51.5 Å². The highest BCUT2D eigenvalue weighted by molar-refractivity contribution is 5.28. The van der Waals surface area contributed by atoms with Crippen molar-refractivity contribution in [3.8, 4) is 5.75 Å². The summed E-state index contributed by atoms with van der Waals surface area (Å²) in [5, 5.41) is 0. The molecule has 3 nitrogen and oxygen atoms in total. The molecule has 1 saturated carbocycles. The van der Waals surface area contributed by atoms with Crippen LogP contribution in [0.2, 0.25) is 0 Å². The van der Waals surface area contributed by atoms with Gasteiger partial charge in [0.2, 0.25) is 0 Å². The van der Waals surface area contributed by atoms with Crippen molar-refractivity contribution >= 4 is 0 Å². The van der Waals surface area contributed by atoms with Crippen LogP contribution in [-0.4, -0.2) is 17.1 Å². The van der Waals surface area contributed by atoms with E-state index in [1.165, 1.54) is 12.0 Å². The third-order valence-corrected chi connectivity index (χ3v) is 3.70. The first-order chi connectivity index (χ1) is 8.56. The molecule has 0 saturated heterocycles. The monoisotopic (exact) mass is 248 g/mol. The largest absolute Gasteiger partial charge is 0.489 e. The summed E-state index contributed by atoms with van der Waals surface area (Å²) < 4.78 is 5.70. The van der Waals surface area contributed by atoms with Crippen LogP contribution in [0.25, 0.3) is 0 Å². The van der Waals surface area contributed by atoms with Crippen molar-refractivity contribution < 1.29 is 4.74 Å². The van der Waals surface area contributed by atoms with Crippen LogP contribution in [0.4, 0.5) is 0 Å². The first kappa shape index (κ1) is 13.3. The maximum atomic E-state index is 6.26. The number of nitrogens with zero attached hydrogens (tertiary/aromatic N) is 1. The van der Waals surface area contributed by atoms with Crippen molar-refractivity contribution in [2.45, 2.75) is 58.1 Å². The Labute approximate surface area is 110 Å². The summed E-state index contributed by atoms with van der Waals surface area (Å²) in [6, 6.07) is 2.37. The molecule has 0 spiro atoms. The van der Waals surface area contributed by atoms with Crippen molar-refractivity contribution in [1.82, 2.24) is 4.98 Å². The lowest BCUT2D eigenvalue weighted by Gasteiger charge is -2.32. The van der Waals surface area contributed by atoms with E-state index in [1.807, 2.05) is 20.0 Å². The molecule has 100 valence electrons. The molecule has 0 aromatic carbocycles. The molecule has 3 heteroatoms. The number of nitrogens with two attached hydrogens (primary N) is 1. The Morgan fingerprint density at radius 1 is 1.33 bits per heavy atom. The van der Waals surface area contributed by atoms with Crippen LogP contribution in [0, 0.1) is 5.92 Å². The molecular formula is C15H24N2O. The molecule has 1 aromatic heterocycles. The number of aromatic nitrogens is 1. The highest BCUT2D eigenvalue weighted by atomic mass is 16.5. The smallest absolute Gasteiger partial charge is 0.138 e. The van der Waals surface area contributed by atoms with E-state index in [-0.39, 0.29) is 12.1 Å². The summed E-state index contributed by atoms with van der Waals surface area (Å²) in [7, 11) is 0. The summed E-state index contributed by atoms with van der Waals surface area (Å²) in [5.41, 5.74) is 7.48. The van der Waals surface area contributed by atoms with Crippen LogP contribution < -0.4 is 10.5 Å². The molecule has 1 aliphatic carbocycles. The number of rotatable bonds is 3. The molecule has 3 unspecified atom stereocenters. The lowest BCUT2D eigenvalue weighted by Crippen LogP contribution is -2.34. The Hall–Kier alpha value is -1.09. The van der Waals surface area contributed by atoms with Crippen LogP contribution in [0.3, 0.4) is 0 Å². The Bertz CT molecular complexity index is 392. The average molecular weight is 248 g/mol. The van der Waals surface area contributed by atoms with E-state index in [4.69, 9.17) is 10.5 Å². The highest BCUT2D eigenvalue weighted by Gasteiger charge is 2.27. The van der Waals surface area contributed by atoms with Gasteiger partial charge in [-0.3, -0.25) is 4.98 Å². The zero-order chi connectivity index (χ0) is 13.1. The second-order valence-electron chi connectivity index (χ2n) is 5.81. The topological polar surface area (TPSA) is 48.1 Å². The molecule has 2 N–H and O–H groups in total. The van der Waals surface area contributed by atoms with Gasteiger partial charge in [0.25, 0.3) is 0 Å². The fourth-order valence-electron chi connectivity index (χ4n) is 2.76. The molecule has 2 rings (SSSR count). The fourth-order valence-corrected chi connectivity index (χ4v) is 2.76. The van der Waals surface area contributed by atoms with E-state index in [2.05, 4.69) is 18.0 Å². The number of hydrogen-bond acceptors (Lipinski definition) is 3. The molecule has 1 heterocycles. The summed E-state index contributed by atoms with van der Waals surface area (Å²) in [6.45, 7) is 6.36. The Morgan fingerprint density at radius 2 is 2.11 bits per heavy atom. The van der Waals surface area contributed by atoms with Gasteiger partial charge in [-0.1, -0.05) is 6.92 Å². The van der Waals surface area contributed by atoms with Gasteiger partial charge in [-0.05, 0) is 50.7 Å². The van der Waals surface area contributed by atoms with E-state index in [1.54, 1.807) is 6.20 Å². The summed E-state index contributed by atoms with van der Waals surface area (Å²) >= 11 is 0. The maximum absolute atomic E-state index is 6.26. The molecular weight excluding hydrogens is 224 g/mol. The van der Waals surface area contributed by atoms with Gasteiger partial charge < -0.3 is 10.5 Å². The zero-order valence-corrected chi connectivity index (χ0v) is 11.6.